The van der Waals surface area contributed by atoms with E-state index in [4.69, 9.17) is 0 Å². The maximum Gasteiger partial charge on any atom is 0.0259 e. The van der Waals surface area contributed by atoms with Crippen LogP contribution in [0, 0.1) is 0 Å². The molecular formula is C8H13N. The Labute approximate surface area is 56.5 Å². The van der Waals surface area contributed by atoms with Gasteiger partial charge in [0.25, 0.3) is 0 Å². The minimum Gasteiger partial charge on any atom is -0.386 e. The average molecular weight is 123 g/mol. The van der Waals surface area contributed by atoms with Crippen molar-refractivity contribution >= 4 is 0 Å². The van der Waals surface area contributed by atoms with Crippen LogP contribution in [0.5, 0.6) is 0 Å². The summed E-state index contributed by atoms with van der Waals surface area (Å²) in [6.07, 6.45) is 6.48. The van der Waals surface area contributed by atoms with E-state index in [-0.39, 0.29) is 0 Å². The molecule has 0 atom stereocenters. The quantitative estimate of drug-likeness (QED) is 0.564. The first-order chi connectivity index (χ1) is 4.33. The zero-order valence-electron chi connectivity index (χ0n) is 5.85. The van der Waals surface area contributed by atoms with E-state index >= 15 is 0 Å². The van der Waals surface area contributed by atoms with E-state index in [0.717, 1.165) is 6.04 Å². The molecule has 0 aromatic rings. The molecule has 1 N–H and O–H groups in total. The van der Waals surface area contributed by atoms with Gasteiger partial charge in [-0.1, -0.05) is 12.7 Å². The smallest absolute Gasteiger partial charge is 0.0259 e. The highest BCUT2D eigenvalue weighted by atomic mass is 15.0. The third-order valence-electron chi connectivity index (χ3n) is 1.38. The standard InChI is InChI=1S/C8H13N/c1-3-4-7(2)9-8-5-6-8/h3-4,8-9H,1,5-6H2,2H3/b7-4+. The van der Waals surface area contributed by atoms with Crippen LogP contribution in [0.2, 0.25) is 0 Å². The molecule has 9 heavy (non-hydrogen) atoms. The molecule has 1 aliphatic rings. The zero-order chi connectivity index (χ0) is 6.69. The molecular weight excluding hydrogens is 110 g/mol. The molecule has 0 spiro atoms. The van der Waals surface area contributed by atoms with Crippen molar-refractivity contribution in [3.8, 4) is 0 Å². The zero-order valence-corrected chi connectivity index (χ0v) is 5.85. The molecule has 1 rings (SSSR count). The Kier molecular flexibility index (Phi) is 1.93. The third kappa shape index (κ3) is 2.36. The Morgan fingerprint density at radius 2 is 2.33 bits per heavy atom. The molecule has 0 amide bonds. The average Bonchev–Trinajstić information content (AvgIpc) is 2.50. The summed E-state index contributed by atoms with van der Waals surface area (Å²) in [5.41, 5.74) is 1.23. The van der Waals surface area contributed by atoms with E-state index in [0.29, 0.717) is 0 Å². The first-order valence-corrected chi connectivity index (χ1v) is 3.39. The topological polar surface area (TPSA) is 12.0 Å². The molecule has 1 nitrogen and oxygen atoms in total. The van der Waals surface area contributed by atoms with Gasteiger partial charge in [-0.15, -0.1) is 0 Å². The van der Waals surface area contributed by atoms with Gasteiger partial charge in [0.1, 0.15) is 0 Å². The van der Waals surface area contributed by atoms with Gasteiger partial charge in [-0.05, 0) is 25.8 Å². The highest BCUT2D eigenvalue weighted by Gasteiger charge is 2.19. The van der Waals surface area contributed by atoms with Crippen LogP contribution in [0.1, 0.15) is 19.8 Å². The SMILES string of the molecule is C=C/C=C(\C)NC1CC1. The van der Waals surface area contributed by atoms with Crippen LogP contribution in [0.15, 0.2) is 24.4 Å². The van der Waals surface area contributed by atoms with Crippen molar-refractivity contribution in [3.05, 3.63) is 24.4 Å². The molecule has 0 aromatic heterocycles. The van der Waals surface area contributed by atoms with Crippen molar-refractivity contribution in [2.75, 3.05) is 0 Å². The van der Waals surface area contributed by atoms with Gasteiger partial charge >= 0.3 is 0 Å². The number of allylic oxidation sites excluding steroid dienone is 3. The van der Waals surface area contributed by atoms with Crippen LogP contribution in [0.3, 0.4) is 0 Å². The molecule has 1 heteroatoms. The summed E-state index contributed by atoms with van der Waals surface area (Å²) < 4.78 is 0. The van der Waals surface area contributed by atoms with Crippen LogP contribution >= 0.6 is 0 Å². The van der Waals surface area contributed by atoms with Crippen molar-refractivity contribution in [1.29, 1.82) is 0 Å². The van der Waals surface area contributed by atoms with Gasteiger partial charge < -0.3 is 5.32 Å². The largest absolute Gasteiger partial charge is 0.386 e. The van der Waals surface area contributed by atoms with Gasteiger partial charge in [-0.3, -0.25) is 0 Å². The highest BCUT2D eigenvalue weighted by molar-refractivity contribution is 5.08. The molecule has 0 bridgehead atoms. The maximum absolute atomic E-state index is 3.61. The molecule has 0 aliphatic heterocycles. The van der Waals surface area contributed by atoms with E-state index < -0.39 is 0 Å². The lowest BCUT2D eigenvalue weighted by Crippen LogP contribution is -2.12. The summed E-state index contributed by atoms with van der Waals surface area (Å²) in [7, 11) is 0. The van der Waals surface area contributed by atoms with Gasteiger partial charge in [0.2, 0.25) is 0 Å². The Balaban J connectivity index is 2.23. The fourth-order valence-corrected chi connectivity index (χ4v) is 0.775. The molecule has 0 unspecified atom stereocenters. The van der Waals surface area contributed by atoms with Crippen LogP contribution in [-0.2, 0) is 0 Å². The second-order valence-electron chi connectivity index (χ2n) is 2.50. The number of nitrogens with one attached hydrogen (secondary N) is 1. The fourth-order valence-electron chi connectivity index (χ4n) is 0.775. The van der Waals surface area contributed by atoms with Crippen LogP contribution in [0.4, 0.5) is 0 Å². The summed E-state index contributed by atoms with van der Waals surface area (Å²) in [6, 6.07) is 0.765. The molecule has 0 saturated heterocycles. The summed E-state index contributed by atoms with van der Waals surface area (Å²) in [5, 5.41) is 3.34. The molecule has 0 heterocycles. The van der Waals surface area contributed by atoms with Gasteiger partial charge in [0.05, 0.1) is 0 Å². The molecule has 1 aliphatic carbocycles. The molecule has 50 valence electrons. The van der Waals surface area contributed by atoms with Crippen molar-refractivity contribution in [3.63, 3.8) is 0 Å². The second-order valence-corrected chi connectivity index (χ2v) is 2.50. The van der Waals surface area contributed by atoms with Gasteiger partial charge in [-0.2, -0.15) is 0 Å². The van der Waals surface area contributed by atoms with Crippen molar-refractivity contribution < 1.29 is 0 Å². The monoisotopic (exact) mass is 123 g/mol. The molecule has 0 radical (unpaired) electrons. The summed E-state index contributed by atoms with van der Waals surface area (Å²) in [6.45, 7) is 5.68. The molecule has 1 saturated carbocycles. The fraction of sp³-hybridized carbons (Fsp3) is 0.500. The molecule has 0 aromatic carbocycles. The van der Waals surface area contributed by atoms with Gasteiger partial charge in [0, 0.05) is 11.7 Å². The summed E-state index contributed by atoms with van der Waals surface area (Å²) in [4.78, 5) is 0. The second kappa shape index (κ2) is 2.72. The lowest BCUT2D eigenvalue weighted by molar-refractivity contribution is 0.805. The first kappa shape index (κ1) is 6.40. The van der Waals surface area contributed by atoms with Crippen molar-refractivity contribution in [2.45, 2.75) is 25.8 Å². The Hall–Kier alpha value is -0.720. The van der Waals surface area contributed by atoms with Crippen molar-refractivity contribution in [2.24, 2.45) is 0 Å². The Morgan fingerprint density at radius 1 is 1.67 bits per heavy atom. The van der Waals surface area contributed by atoms with Crippen LogP contribution < -0.4 is 5.32 Å². The lowest BCUT2D eigenvalue weighted by atomic mass is 10.4. The number of hydrogen-bond acceptors (Lipinski definition) is 1. The van der Waals surface area contributed by atoms with Crippen LogP contribution in [0.25, 0.3) is 0 Å². The highest BCUT2D eigenvalue weighted by Crippen LogP contribution is 2.19. The van der Waals surface area contributed by atoms with E-state index in [1.54, 1.807) is 0 Å². The Morgan fingerprint density at radius 3 is 2.78 bits per heavy atom. The maximum atomic E-state index is 3.61. The van der Waals surface area contributed by atoms with Gasteiger partial charge in [-0.25, -0.2) is 0 Å². The predicted molar refractivity (Wildman–Crippen MR) is 40.1 cm³/mol. The predicted octanol–water partition coefficient (Wildman–Crippen LogP) is 1.83. The third-order valence-corrected chi connectivity index (χ3v) is 1.38. The van der Waals surface area contributed by atoms with E-state index in [9.17, 15) is 0 Å². The first-order valence-electron chi connectivity index (χ1n) is 3.39. The van der Waals surface area contributed by atoms with E-state index in [2.05, 4.69) is 18.8 Å². The normalized spacial score (nSPS) is 19.4. The summed E-state index contributed by atoms with van der Waals surface area (Å²) >= 11 is 0. The van der Waals surface area contributed by atoms with E-state index in [1.807, 2.05) is 12.2 Å². The van der Waals surface area contributed by atoms with Crippen LogP contribution in [-0.4, -0.2) is 6.04 Å². The van der Waals surface area contributed by atoms with Gasteiger partial charge in [0.15, 0.2) is 0 Å². The minimum absolute atomic E-state index is 0.765. The van der Waals surface area contributed by atoms with E-state index in [1.165, 1.54) is 18.5 Å². The molecule has 1 fully saturated rings. The number of hydrogen-bond donors (Lipinski definition) is 1. The number of rotatable bonds is 3. The lowest BCUT2D eigenvalue weighted by Gasteiger charge is -2.00. The summed E-state index contributed by atoms with van der Waals surface area (Å²) in [5.74, 6) is 0. The van der Waals surface area contributed by atoms with Crippen molar-refractivity contribution in [1.82, 2.24) is 5.32 Å². The minimum atomic E-state index is 0.765. The Bertz CT molecular complexity index is 132.